The van der Waals surface area contributed by atoms with Crippen molar-refractivity contribution in [3.05, 3.63) is 24.3 Å². The van der Waals surface area contributed by atoms with Crippen molar-refractivity contribution in [2.75, 3.05) is 18.0 Å². The van der Waals surface area contributed by atoms with Gasteiger partial charge in [0.05, 0.1) is 10.9 Å². The summed E-state index contributed by atoms with van der Waals surface area (Å²) >= 11 is 0. The van der Waals surface area contributed by atoms with Crippen molar-refractivity contribution in [1.82, 2.24) is 9.97 Å². The third kappa shape index (κ3) is 1.46. The van der Waals surface area contributed by atoms with E-state index in [-0.39, 0.29) is 5.88 Å². The highest BCUT2D eigenvalue weighted by molar-refractivity contribution is 5.83. The van der Waals surface area contributed by atoms with Crippen LogP contribution in [0.4, 0.5) is 5.95 Å². The number of aromatic nitrogens is 2. The third-order valence-electron chi connectivity index (χ3n) is 2.87. The first kappa shape index (κ1) is 9.39. The molecule has 1 aromatic carbocycles. The fourth-order valence-electron chi connectivity index (χ4n) is 2.04. The summed E-state index contributed by atoms with van der Waals surface area (Å²) in [5.74, 6) is 0.648. The standard InChI is InChI=1S/C12H12N3O/c16-11-9-5-1-2-6-10(9)13-12(14-11)15-7-3-4-8-15/h1-2,6H,3-4,7-8H2,(H,13,14,16). The number of nitrogens with zero attached hydrogens (tertiary/aromatic N) is 3. The van der Waals surface area contributed by atoms with Crippen LogP contribution in [0.2, 0.25) is 0 Å². The second-order valence-electron chi connectivity index (χ2n) is 3.97. The Bertz CT molecular complexity index is 521. The second kappa shape index (κ2) is 3.63. The summed E-state index contributed by atoms with van der Waals surface area (Å²) in [5.41, 5.74) is 0.747. The highest BCUT2D eigenvalue weighted by Gasteiger charge is 2.16. The molecule has 1 aromatic heterocycles. The number of rotatable bonds is 1. The van der Waals surface area contributed by atoms with Crippen molar-refractivity contribution >= 4 is 16.9 Å². The zero-order valence-corrected chi connectivity index (χ0v) is 8.85. The van der Waals surface area contributed by atoms with Crippen LogP contribution < -0.4 is 4.90 Å². The summed E-state index contributed by atoms with van der Waals surface area (Å²) in [6.45, 7) is 1.95. The maximum Gasteiger partial charge on any atom is 0.229 e. The van der Waals surface area contributed by atoms with E-state index in [1.807, 2.05) is 12.1 Å². The molecule has 1 saturated heterocycles. The molecule has 0 atom stereocenters. The minimum atomic E-state index is 0.0208. The van der Waals surface area contributed by atoms with Crippen molar-refractivity contribution in [3.8, 4) is 5.88 Å². The molecule has 4 heteroatoms. The van der Waals surface area contributed by atoms with E-state index in [4.69, 9.17) is 0 Å². The highest BCUT2D eigenvalue weighted by atomic mass is 16.3. The van der Waals surface area contributed by atoms with E-state index < -0.39 is 0 Å². The maximum absolute atomic E-state index is 9.80. The lowest BCUT2D eigenvalue weighted by Crippen LogP contribution is -2.20. The predicted molar refractivity (Wildman–Crippen MR) is 61.5 cm³/mol. The number of hydrogen-bond donors (Lipinski definition) is 1. The predicted octanol–water partition coefficient (Wildman–Crippen LogP) is 1.74. The van der Waals surface area contributed by atoms with Crippen LogP contribution in [0, 0.1) is 6.07 Å². The molecule has 4 nitrogen and oxygen atoms in total. The van der Waals surface area contributed by atoms with Gasteiger partial charge in [0.1, 0.15) is 0 Å². The maximum atomic E-state index is 9.80. The van der Waals surface area contributed by atoms with E-state index in [2.05, 4.69) is 20.9 Å². The van der Waals surface area contributed by atoms with E-state index in [9.17, 15) is 5.11 Å². The molecule has 3 rings (SSSR count). The Labute approximate surface area is 93.6 Å². The van der Waals surface area contributed by atoms with Gasteiger partial charge < -0.3 is 10.0 Å². The lowest BCUT2D eigenvalue weighted by molar-refractivity contribution is 0.459. The van der Waals surface area contributed by atoms with E-state index in [1.165, 1.54) is 12.8 Å². The van der Waals surface area contributed by atoms with Gasteiger partial charge in [-0.1, -0.05) is 12.1 Å². The van der Waals surface area contributed by atoms with Crippen LogP contribution in [0.3, 0.4) is 0 Å². The lowest BCUT2D eigenvalue weighted by atomic mass is 10.2. The van der Waals surface area contributed by atoms with Gasteiger partial charge in [0.25, 0.3) is 0 Å². The number of aromatic hydroxyl groups is 1. The number of fused-ring (bicyclic) bond motifs is 1. The average molecular weight is 214 g/mol. The number of hydrogen-bond acceptors (Lipinski definition) is 4. The van der Waals surface area contributed by atoms with E-state index in [0.29, 0.717) is 11.3 Å². The zero-order chi connectivity index (χ0) is 11.0. The Kier molecular flexibility index (Phi) is 2.13. The minimum Gasteiger partial charge on any atom is -0.493 e. The summed E-state index contributed by atoms with van der Waals surface area (Å²) in [5, 5.41) is 10.4. The van der Waals surface area contributed by atoms with Gasteiger partial charge in [-0.2, -0.15) is 4.98 Å². The van der Waals surface area contributed by atoms with Gasteiger partial charge in [-0.15, -0.1) is 0 Å². The molecule has 0 amide bonds. The van der Waals surface area contributed by atoms with Crippen molar-refractivity contribution in [2.24, 2.45) is 0 Å². The van der Waals surface area contributed by atoms with Crippen LogP contribution in [0.1, 0.15) is 12.8 Å². The van der Waals surface area contributed by atoms with Crippen molar-refractivity contribution < 1.29 is 5.11 Å². The van der Waals surface area contributed by atoms with Gasteiger partial charge in [-0.25, -0.2) is 4.98 Å². The Morgan fingerprint density at radius 2 is 2.06 bits per heavy atom. The summed E-state index contributed by atoms with van der Waals surface area (Å²) in [6, 6.07) is 8.43. The van der Waals surface area contributed by atoms with Gasteiger partial charge in [-0.3, -0.25) is 0 Å². The molecule has 1 radical (unpaired) electrons. The monoisotopic (exact) mass is 214 g/mol. The van der Waals surface area contributed by atoms with Gasteiger partial charge >= 0.3 is 0 Å². The summed E-state index contributed by atoms with van der Waals surface area (Å²) in [7, 11) is 0. The molecular weight excluding hydrogens is 202 g/mol. The van der Waals surface area contributed by atoms with Crippen molar-refractivity contribution in [1.29, 1.82) is 0 Å². The van der Waals surface area contributed by atoms with Crippen LogP contribution >= 0.6 is 0 Å². The summed E-state index contributed by atoms with van der Waals surface area (Å²) in [4.78, 5) is 10.7. The quantitative estimate of drug-likeness (QED) is 0.785. The Morgan fingerprint density at radius 3 is 2.88 bits per heavy atom. The molecule has 1 aliphatic heterocycles. The molecule has 1 N–H and O–H groups in total. The molecule has 2 heterocycles. The summed E-state index contributed by atoms with van der Waals surface area (Å²) < 4.78 is 0. The molecule has 1 aliphatic rings. The fraction of sp³-hybridized carbons (Fsp3) is 0.333. The molecule has 0 aliphatic carbocycles. The molecule has 16 heavy (non-hydrogen) atoms. The van der Waals surface area contributed by atoms with E-state index in [1.54, 1.807) is 6.07 Å². The number of anilines is 1. The smallest absolute Gasteiger partial charge is 0.229 e. The van der Waals surface area contributed by atoms with Gasteiger partial charge in [0.15, 0.2) is 0 Å². The molecule has 1 fully saturated rings. The summed E-state index contributed by atoms with van der Waals surface area (Å²) in [6.07, 6.45) is 2.34. The molecule has 0 spiro atoms. The van der Waals surface area contributed by atoms with E-state index >= 15 is 0 Å². The fourth-order valence-corrected chi connectivity index (χ4v) is 2.04. The SMILES string of the molecule is Oc1nc(N2CCCC2)nc2ccc[c]c12. The molecule has 0 bridgehead atoms. The zero-order valence-electron chi connectivity index (χ0n) is 8.85. The Morgan fingerprint density at radius 1 is 1.25 bits per heavy atom. The number of benzene rings is 1. The first-order valence-electron chi connectivity index (χ1n) is 5.47. The first-order valence-corrected chi connectivity index (χ1v) is 5.47. The van der Waals surface area contributed by atoms with Crippen LogP contribution in [0.5, 0.6) is 5.88 Å². The Hall–Kier alpha value is -1.84. The van der Waals surface area contributed by atoms with Gasteiger partial charge in [0.2, 0.25) is 11.8 Å². The largest absolute Gasteiger partial charge is 0.493 e. The van der Waals surface area contributed by atoms with Gasteiger partial charge in [0, 0.05) is 13.1 Å². The molecule has 0 unspecified atom stereocenters. The van der Waals surface area contributed by atoms with Crippen LogP contribution in [-0.4, -0.2) is 28.2 Å². The van der Waals surface area contributed by atoms with Crippen molar-refractivity contribution in [3.63, 3.8) is 0 Å². The molecule has 81 valence electrons. The molecule has 0 saturated carbocycles. The average Bonchev–Trinajstić information content (AvgIpc) is 2.82. The van der Waals surface area contributed by atoms with Crippen LogP contribution in [0.15, 0.2) is 18.2 Å². The van der Waals surface area contributed by atoms with Crippen LogP contribution in [-0.2, 0) is 0 Å². The minimum absolute atomic E-state index is 0.0208. The van der Waals surface area contributed by atoms with E-state index in [0.717, 1.165) is 18.6 Å². The second-order valence-corrected chi connectivity index (χ2v) is 3.97. The normalized spacial score (nSPS) is 15.9. The molecular formula is C12H12N3O. The first-order chi connectivity index (χ1) is 7.84. The lowest BCUT2D eigenvalue weighted by Gasteiger charge is -2.15. The molecule has 2 aromatic rings. The third-order valence-corrected chi connectivity index (χ3v) is 2.87. The Balaban J connectivity index is 2.13. The highest BCUT2D eigenvalue weighted by Crippen LogP contribution is 2.25. The topological polar surface area (TPSA) is 49.3 Å². The van der Waals surface area contributed by atoms with Gasteiger partial charge in [-0.05, 0) is 25.0 Å². The van der Waals surface area contributed by atoms with Crippen molar-refractivity contribution in [2.45, 2.75) is 12.8 Å². The van der Waals surface area contributed by atoms with Crippen LogP contribution in [0.25, 0.3) is 10.9 Å².